The second-order valence-corrected chi connectivity index (χ2v) is 5.41. The van der Waals surface area contributed by atoms with Crippen LogP contribution in [-0.4, -0.2) is 18.1 Å². The number of rotatable bonds is 4. The molecule has 0 aliphatic rings. The average molecular weight is 325 g/mol. The number of methoxy groups -OCH3 is 1. The number of benzene rings is 2. The van der Waals surface area contributed by atoms with Crippen molar-refractivity contribution in [1.82, 2.24) is 4.98 Å². The molecule has 3 aromatic rings. The van der Waals surface area contributed by atoms with Crippen molar-refractivity contribution in [2.45, 2.75) is 13.3 Å². The van der Waals surface area contributed by atoms with E-state index in [-0.39, 0.29) is 5.82 Å². The van der Waals surface area contributed by atoms with Gasteiger partial charge in [-0.05, 0) is 47.9 Å². The van der Waals surface area contributed by atoms with E-state index in [4.69, 9.17) is 9.47 Å². The van der Waals surface area contributed by atoms with Gasteiger partial charge < -0.3 is 9.47 Å². The molecule has 0 spiro atoms. The van der Waals surface area contributed by atoms with E-state index in [1.807, 2.05) is 12.1 Å². The smallest absolute Gasteiger partial charge is 0.308 e. The summed E-state index contributed by atoms with van der Waals surface area (Å²) in [5.41, 5.74) is 2.62. The predicted molar refractivity (Wildman–Crippen MR) is 88.8 cm³/mol. The first-order chi connectivity index (χ1) is 11.6. The third-order valence-electron chi connectivity index (χ3n) is 3.61. The lowest BCUT2D eigenvalue weighted by atomic mass is 10.0. The van der Waals surface area contributed by atoms with Crippen LogP contribution in [0.1, 0.15) is 18.1 Å². The average Bonchev–Trinajstić information content (AvgIpc) is 2.56. The largest absolute Gasteiger partial charge is 0.491 e. The Kier molecular flexibility index (Phi) is 4.42. The van der Waals surface area contributed by atoms with E-state index in [2.05, 4.69) is 4.98 Å². The molecule has 0 fully saturated rings. The highest BCUT2D eigenvalue weighted by atomic mass is 19.1. The van der Waals surface area contributed by atoms with Crippen molar-refractivity contribution in [3.8, 4) is 11.5 Å². The van der Waals surface area contributed by atoms with Crippen LogP contribution < -0.4 is 9.47 Å². The summed E-state index contributed by atoms with van der Waals surface area (Å²) in [7, 11) is 1.51. The topological polar surface area (TPSA) is 48.4 Å². The molecule has 1 aromatic heterocycles. The maximum Gasteiger partial charge on any atom is 0.308 e. The molecule has 0 amide bonds. The van der Waals surface area contributed by atoms with Crippen LogP contribution >= 0.6 is 0 Å². The van der Waals surface area contributed by atoms with Crippen molar-refractivity contribution < 1.29 is 18.7 Å². The Morgan fingerprint density at radius 3 is 2.54 bits per heavy atom. The summed E-state index contributed by atoms with van der Waals surface area (Å²) in [5.74, 6) is 0.103. The zero-order valence-electron chi connectivity index (χ0n) is 13.4. The standard InChI is InChI=1S/C19H16FNO3/c1-12(22)24-17-8-5-15-10-14(11-21-18(15)19(17)23-2)9-13-3-6-16(20)7-4-13/h3-8,10-11H,9H2,1-2H3. The van der Waals surface area contributed by atoms with Gasteiger partial charge in [-0.15, -0.1) is 0 Å². The number of hydrogen-bond donors (Lipinski definition) is 0. The highest BCUT2D eigenvalue weighted by Crippen LogP contribution is 2.34. The number of halogens is 1. The number of pyridine rings is 1. The Hall–Kier alpha value is -2.95. The van der Waals surface area contributed by atoms with Crippen molar-refractivity contribution in [2.75, 3.05) is 7.11 Å². The Labute approximate surface area is 138 Å². The number of ether oxygens (including phenoxy) is 2. The summed E-state index contributed by atoms with van der Waals surface area (Å²) >= 11 is 0. The summed E-state index contributed by atoms with van der Waals surface area (Å²) < 4.78 is 23.5. The minimum atomic E-state index is -0.416. The number of fused-ring (bicyclic) bond motifs is 1. The zero-order valence-corrected chi connectivity index (χ0v) is 13.4. The van der Waals surface area contributed by atoms with E-state index < -0.39 is 5.97 Å². The molecule has 0 saturated heterocycles. The van der Waals surface area contributed by atoms with Gasteiger partial charge >= 0.3 is 5.97 Å². The van der Waals surface area contributed by atoms with Crippen LogP contribution in [-0.2, 0) is 11.2 Å². The van der Waals surface area contributed by atoms with Crippen LogP contribution in [0.3, 0.4) is 0 Å². The van der Waals surface area contributed by atoms with E-state index in [1.165, 1.54) is 26.2 Å². The van der Waals surface area contributed by atoms with E-state index >= 15 is 0 Å². The lowest BCUT2D eigenvalue weighted by Crippen LogP contribution is -2.03. The SMILES string of the molecule is COc1c(OC(C)=O)ccc2cc(Cc3ccc(F)cc3)cnc12. The second kappa shape index (κ2) is 6.66. The molecule has 0 N–H and O–H groups in total. The van der Waals surface area contributed by atoms with Crippen LogP contribution in [0.25, 0.3) is 10.9 Å². The normalized spacial score (nSPS) is 10.6. The van der Waals surface area contributed by atoms with Crippen LogP contribution in [0.2, 0.25) is 0 Å². The van der Waals surface area contributed by atoms with Crippen molar-refractivity contribution in [2.24, 2.45) is 0 Å². The quantitative estimate of drug-likeness (QED) is 0.539. The highest BCUT2D eigenvalue weighted by molar-refractivity contribution is 5.88. The highest BCUT2D eigenvalue weighted by Gasteiger charge is 2.13. The third kappa shape index (κ3) is 3.35. The van der Waals surface area contributed by atoms with Gasteiger partial charge in [-0.25, -0.2) is 4.39 Å². The molecule has 1 heterocycles. The summed E-state index contributed by atoms with van der Waals surface area (Å²) in [5, 5.41) is 0.877. The third-order valence-corrected chi connectivity index (χ3v) is 3.61. The van der Waals surface area contributed by atoms with Gasteiger partial charge in [0.1, 0.15) is 11.3 Å². The molecule has 2 aromatic carbocycles. The van der Waals surface area contributed by atoms with E-state index in [0.29, 0.717) is 23.4 Å². The lowest BCUT2D eigenvalue weighted by Gasteiger charge is -2.11. The van der Waals surface area contributed by atoms with Crippen molar-refractivity contribution in [1.29, 1.82) is 0 Å². The van der Waals surface area contributed by atoms with Crippen molar-refractivity contribution in [3.63, 3.8) is 0 Å². The monoisotopic (exact) mass is 325 g/mol. The Balaban J connectivity index is 1.96. The van der Waals surface area contributed by atoms with Crippen molar-refractivity contribution in [3.05, 3.63) is 65.6 Å². The number of carbonyl (C=O) groups is 1. The van der Waals surface area contributed by atoms with Crippen molar-refractivity contribution >= 4 is 16.9 Å². The molecule has 0 saturated carbocycles. The van der Waals surface area contributed by atoms with Crippen LogP contribution in [0.4, 0.5) is 4.39 Å². The molecule has 0 unspecified atom stereocenters. The lowest BCUT2D eigenvalue weighted by molar-refractivity contribution is -0.131. The first-order valence-electron chi connectivity index (χ1n) is 7.45. The minimum Gasteiger partial charge on any atom is -0.491 e. The first kappa shape index (κ1) is 15.9. The van der Waals surface area contributed by atoms with Gasteiger partial charge in [0.25, 0.3) is 0 Å². The summed E-state index contributed by atoms with van der Waals surface area (Å²) in [6.07, 6.45) is 2.39. The van der Waals surface area contributed by atoms with Crippen LogP contribution in [0.5, 0.6) is 11.5 Å². The number of aromatic nitrogens is 1. The second-order valence-electron chi connectivity index (χ2n) is 5.41. The van der Waals surface area contributed by atoms with Gasteiger partial charge in [0.05, 0.1) is 7.11 Å². The molecular formula is C19H16FNO3. The first-order valence-corrected chi connectivity index (χ1v) is 7.45. The maximum atomic E-state index is 13.0. The summed E-state index contributed by atoms with van der Waals surface area (Å²) in [6, 6.07) is 11.9. The molecular weight excluding hydrogens is 309 g/mol. The molecule has 3 rings (SSSR count). The maximum absolute atomic E-state index is 13.0. The zero-order chi connectivity index (χ0) is 17.1. The summed E-state index contributed by atoms with van der Waals surface area (Å²) in [4.78, 5) is 15.6. The molecule has 122 valence electrons. The number of carbonyl (C=O) groups excluding carboxylic acids is 1. The Morgan fingerprint density at radius 2 is 1.88 bits per heavy atom. The predicted octanol–water partition coefficient (Wildman–Crippen LogP) is 3.90. The molecule has 4 nitrogen and oxygen atoms in total. The van der Waals surface area contributed by atoms with Gasteiger partial charge in [-0.2, -0.15) is 0 Å². The van der Waals surface area contributed by atoms with Crippen LogP contribution in [0.15, 0.2) is 48.7 Å². The molecule has 24 heavy (non-hydrogen) atoms. The van der Waals surface area contributed by atoms with E-state index in [1.54, 1.807) is 24.4 Å². The molecule has 0 bridgehead atoms. The van der Waals surface area contributed by atoms with E-state index in [0.717, 1.165) is 16.5 Å². The van der Waals surface area contributed by atoms with Gasteiger partial charge in [-0.1, -0.05) is 12.1 Å². The molecule has 5 heteroatoms. The molecule has 0 atom stereocenters. The summed E-state index contributed by atoms with van der Waals surface area (Å²) in [6.45, 7) is 1.34. The number of esters is 1. The fourth-order valence-corrected chi connectivity index (χ4v) is 2.57. The van der Waals surface area contributed by atoms with Gasteiger partial charge in [0.2, 0.25) is 0 Å². The fourth-order valence-electron chi connectivity index (χ4n) is 2.57. The molecule has 0 radical (unpaired) electrons. The Morgan fingerprint density at radius 1 is 1.12 bits per heavy atom. The van der Waals surface area contributed by atoms with Crippen LogP contribution in [0, 0.1) is 5.82 Å². The molecule has 0 aliphatic carbocycles. The fraction of sp³-hybridized carbons (Fsp3) is 0.158. The number of nitrogens with zero attached hydrogens (tertiary/aromatic N) is 1. The minimum absolute atomic E-state index is 0.252. The molecule has 0 aliphatic heterocycles. The van der Waals surface area contributed by atoms with Gasteiger partial charge in [0.15, 0.2) is 11.5 Å². The van der Waals surface area contributed by atoms with Gasteiger partial charge in [0, 0.05) is 18.5 Å². The van der Waals surface area contributed by atoms with Gasteiger partial charge in [-0.3, -0.25) is 9.78 Å². The number of hydrogen-bond acceptors (Lipinski definition) is 4. The Bertz CT molecular complexity index is 891. The van der Waals surface area contributed by atoms with E-state index in [9.17, 15) is 9.18 Å².